The number of piperidine rings is 5. The van der Waals surface area contributed by atoms with Gasteiger partial charge in [-0.3, -0.25) is 5.10 Å². The average Bonchev–Trinajstić information content (AvgIpc) is 1.62. The van der Waals surface area contributed by atoms with Gasteiger partial charge < -0.3 is 96.5 Å². The Morgan fingerprint density at radius 3 is 0.634 bits per heavy atom. The molecule has 5 aromatic rings. The predicted molar refractivity (Wildman–Crippen MR) is 561 cm³/mol. The number of hydrogen-bond acceptors (Lipinski definition) is 20. The second kappa shape index (κ2) is 122. The van der Waals surface area contributed by atoms with Crippen molar-refractivity contribution in [2.75, 3.05) is 123 Å². The molecule has 5 aliphatic carbocycles. The van der Waals surface area contributed by atoms with Crippen molar-refractivity contribution in [3.05, 3.63) is 93.3 Å². The molecule has 123 heavy (non-hydrogen) atoms. The summed E-state index contributed by atoms with van der Waals surface area (Å²) in [6, 6.07) is 6.64. The van der Waals surface area contributed by atoms with Crippen molar-refractivity contribution in [1.29, 1.82) is 0 Å². The summed E-state index contributed by atoms with van der Waals surface area (Å²) in [5.74, 6) is 6.08. The van der Waals surface area contributed by atoms with Crippen LogP contribution < -0.4 is 76.5 Å². The molecule has 25 heteroatoms. The number of thioether (sulfide) groups is 1. The van der Waals surface area contributed by atoms with Gasteiger partial charge in [-0.2, -0.15) is 5.10 Å². The minimum absolute atomic E-state index is 0. The van der Waals surface area contributed by atoms with Crippen molar-refractivity contribution in [1.82, 2.24) is 97.9 Å². The molecule has 14 aliphatic rings. The Labute approximate surface area is 772 Å². The number of H-pyrrole nitrogens is 5. The molecule has 0 amide bonds. The highest BCUT2D eigenvalue weighted by atomic mass is 32.2. The highest BCUT2D eigenvalue weighted by molar-refractivity contribution is 7.99. The van der Waals surface area contributed by atoms with Crippen LogP contribution in [0.3, 0.4) is 0 Å². The third kappa shape index (κ3) is 124. The highest BCUT2D eigenvalue weighted by Crippen LogP contribution is 2.18. The fourth-order valence-electron chi connectivity index (χ4n) is 12.4. The van der Waals surface area contributed by atoms with Gasteiger partial charge in [-0.1, -0.05) is 221 Å². The van der Waals surface area contributed by atoms with Crippen LogP contribution in [0.15, 0.2) is 93.3 Å². The van der Waals surface area contributed by atoms with Crippen molar-refractivity contribution in [2.45, 2.75) is 398 Å². The predicted octanol–water partition coefficient (Wildman–Crippen LogP) is 21.3. The zero-order valence-corrected chi connectivity index (χ0v) is 71.5. The Balaban J connectivity index is -0.0000000941. The fourth-order valence-corrected chi connectivity index (χ4v) is 13.2. The molecule has 0 radical (unpaired) electrons. The molecule has 4 unspecified atom stereocenters. The van der Waals surface area contributed by atoms with Gasteiger partial charge in [0.1, 0.15) is 12.7 Å². The number of hydrogen-bond donors (Lipinski definition) is 19. The van der Waals surface area contributed by atoms with Crippen LogP contribution in [0.1, 0.15) is 368 Å². The molecule has 24 N–H and O–H groups in total. The lowest BCUT2D eigenvalue weighted by Gasteiger charge is -2.24. The number of nitrogens with two attached hydrogens (primary N) is 5. The van der Waals surface area contributed by atoms with E-state index in [1.165, 1.54) is 380 Å². The van der Waals surface area contributed by atoms with Crippen molar-refractivity contribution < 1.29 is 0 Å². The maximum Gasteiger partial charge on any atom is 0.137 e. The van der Waals surface area contributed by atoms with Gasteiger partial charge >= 0.3 is 0 Å². The molecule has 19 rings (SSSR count). The first-order valence-corrected chi connectivity index (χ1v) is 45.6. The molecule has 9 saturated heterocycles. The smallest absolute Gasteiger partial charge is 0.137 e. The van der Waals surface area contributed by atoms with E-state index in [1.54, 1.807) is 56.2 Å². The molecule has 14 fully saturated rings. The lowest BCUT2D eigenvalue weighted by Crippen LogP contribution is -2.33. The third-order valence-corrected chi connectivity index (χ3v) is 20.6. The molecule has 24 nitrogen and oxygen atoms in total. The molecule has 5 aromatic heterocycles. The van der Waals surface area contributed by atoms with Crippen LogP contribution in [0, 0.1) is 23.7 Å². The summed E-state index contributed by atoms with van der Waals surface area (Å²) in [7, 11) is 0. The second-order valence-electron chi connectivity index (χ2n) is 31.5. The molecule has 5 saturated carbocycles. The summed E-state index contributed by atoms with van der Waals surface area (Å²) in [5, 5.41) is 35.5. The Bertz CT molecular complexity index is 1870. The van der Waals surface area contributed by atoms with E-state index in [0.717, 1.165) is 23.7 Å². The fraction of sp³-hybridized carbons (Fsp3) is 0.847. The van der Waals surface area contributed by atoms with Gasteiger partial charge in [-0.25, -0.2) is 19.9 Å². The topological polar surface area (TPSA) is 382 Å². The average molecular weight is 1770 g/mol. The number of aromatic amines is 5. The van der Waals surface area contributed by atoms with Crippen LogP contribution >= 0.6 is 11.8 Å². The van der Waals surface area contributed by atoms with Crippen LogP contribution in [0.2, 0.25) is 0 Å². The lowest BCUT2D eigenvalue weighted by atomic mass is 9.94. The number of rotatable bonds is 0. The Hall–Kier alpha value is -4.16. The van der Waals surface area contributed by atoms with Crippen LogP contribution in [-0.2, 0) is 0 Å². The Morgan fingerprint density at radius 1 is 0.252 bits per heavy atom. The Kier molecular flexibility index (Phi) is 146. The minimum atomic E-state index is 0. The molecule has 0 bridgehead atoms. The van der Waals surface area contributed by atoms with Gasteiger partial charge in [-0.15, -0.1) is 11.8 Å². The number of imidazole rings is 3. The summed E-state index contributed by atoms with van der Waals surface area (Å²) in [4.78, 5) is 25.7. The van der Waals surface area contributed by atoms with Gasteiger partial charge in [0.25, 0.3) is 0 Å². The van der Waals surface area contributed by atoms with Gasteiger partial charge in [0.05, 0.1) is 19.0 Å². The monoisotopic (exact) mass is 1770 g/mol. The summed E-state index contributed by atoms with van der Waals surface area (Å²) >= 11 is 1.96. The maximum atomic E-state index is 5.73. The quantitative estimate of drug-likeness (QED) is 0.0640. The highest BCUT2D eigenvalue weighted by Gasteiger charge is 2.15. The second-order valence-corrected chi connectivity index (χ2v) is 32.6. The van der Waals surface area contributed by atoms with Crippen molar-refractivity contribution in [3.8, 4) is 0 Å². The van der Waals surface area contributed by atoms with E-state index in [1.807, 2.05) is 36.3 Å². The van der Waals surface area contributed by atoms with E-state index >= 15 is 0 Å². The van der Waals surface area contributed by atoms with E-state index in [-0.39, 0.29) is 96.5 Å². The third-order valence-electron chi connectivity index (χ3n) is 19.7. The van der Waals surface area contributed by atoms with Gasteiger partial charge in [0, 0.05) is 98.0 Å². The first-order valence-electron chi connectivity index (χ1n) is 44.4. The number of nitrogens with zero attached hydrogens (tertiary/aromatic N) is 5. The molecule has 744 valence electrons. The number of nitrogens with one attached hydrogen (secondary N) is 14. The van der Waals surface area contributed by atoms with E-state index in [0.29, 0.717) is 30.2 Å². The zero-order chi connectivity index (χ0) is 79.2. The summed E-state index contributed by atoms with van der Waals surface area (Å²) in [6.07, 6.45) is 73.6. The normalized spacial score (nSPS) is 20.6. The van der Waals surface area contributed by atoms with Crippen LogP contribution in [0.5, 0.6) is 0 Å². The summed E-state index contributed by atoms with van der Waals surface area (Å²) in [5.41, 5.74) is 27.5. The van der Waals surface area contributed by atoms with E-state index in [9.17, 15) is 0 Å². The molecule has 4 atom stereocenters. The van der Waals surface area contributed by atoms with Crippen molar-refractivity contribution >= 4 is 11.8 Å². The Morgan fingerprint density at radius 2 is 0.496 bits per heavy atom. The van der Waals surface area contributed by atoms with Crippen molar-refractivity contribution in [2.24, 2.45) is 52.3 Å². The molecule has 0 spiro atoms. The van der Waals surface area contributed by atoms with Crippen molar-refractivity contribution in [3.63, 3.8) is 0 Å². The summed E-state index contributed by atoms with van der Waals surface area (Å²) in [6.45, 7) is 30.4. The van der Waals surface area contributed by atoms with Crippen LogP contribution in [0.25, 0.3) is 0 Å². The maximum absolute atomic E-state index is 5.73. The first-order chi connectivity index (χ1) is 54.0. The SMILES string of the molecule is C.C.C.C.C.C.C.C.C.C.C.C.C.C1CCCNCC1.C1CCNC1.C1CCNCC1.C1CCNCC1.C1CCNCC1.C1CNC1.C1CSCN1.CC1CNCC(C)C1.CC1CNCC(C)C1.NC1CC1.NC1CCC1.NC1CCCC1.NC1CCCCC1.NC1CCCCCC1.c1c[nH]cn1.c1c[nH]cn1.c1c[nH]cn1.c1cc[nH]c1.c1nc[nH]n1. The lowest BCUT2D eigenvalue weighted by molar-refractivity contribution is 0.321. The van der Waals surface area contributed by atoms with E-state index < -0.39 is 0 Å². The first kappa shape index (κ1) is 147. The zero-order valence-electron chi connectivity index (χ0n) is 70.7. The van der Waals surface area contributed by atoms with Gasteiger partial charge in [0.15, 0.2) is 0 Å². The van der Waals surface area contributed by atoms with Crippen LogP contribution in [0.4, 0.5) is 0 Å². The largest absolute Gasteiger partial charge is 0.368 e. The standard InChI is InChI=1S/3C7H15N.2C6H13N.4C5H11N.C4H9N.C4H5N.C4H9N.3C3H4N2.C3H7NS.2C3H7N.C2H3N3.13CH4/c2*1-6-3-7(2)5-8-4-6;8-7-5-3-1-2-4-6-7;1-2-4-6-7-5-3-1;7-6-4-2-1-3-5-6;3*1-2-4-6-5-3-1;6-5-3-1-2-4-5;2*1-2-4-5-3-1;5-4-2-1-3-4;4*1-2-5-3-4-1;1-2-4-3-1;4-3-1-2-3;1-3-2-5-4-1;;;;;;;;;;;;;/h2*6-8H,3-5H2,1-2H3;7H,1-6,8H2;7H,1-6H2;6H,1-5,7H2;3*6H,1-5H2;5H,1-4,6H2;5H,1-4H2;1-5H;4H,1-3,5H2;3*1-3H,(H,4,5);4H,1-3H2;4H,1-3H2;3H,1-2,4H2;1-2H,(H,3,4,5);13*1H4. The molecule has 14 heterocycles. The van der Waals surface area contributed by atoms with Crippen LogP contribution in [-0.4, -0.2) is 203 Å². The molecular weight excluding hydrogens is 1550 g/mol. The molecular formula is C98H226N24S. The number of aromatic nitrogens is 10. The molecule has 0 aromatic carbocycles. The summed E-state index contributed by atoms with van der Waals surface area (Å²) < 4.78 is 0. The van der Waals surface area contributed by atoms with E-state index in [4.69, 9.17) is 28.7 Å². The van der Waals surface area contributed by atoms with E-state index in [2.05, 4.69) is 126 Å². The van der Waals surface area contributed by atoms with Gasteiger partial charge in [-0.05, 0) is 288 Å². The van der Waals surface area contributed by atoms with Gasteiger partial charge in [0.2, 0.25) is 0 Å². The molecule has 9 aliphatic heterocycles. The minimum Gasteiger partial charge on any atom is -0.368 e.